The van der Waals surface area contributed by atoms with Gasteiger partial charge in [-0.15, -0.1) is 0 Å². The van der Waals surface area contributed by atoms with Crippen LogP contribution in [-0.2, 0) is 0 Å². The quantitative estimate of drug-likeness (QED) is 0.825. The zero-order valence-corrected chi connectivity index (χ0v) is 10.8. The van der Waals surface area contributed by atoms with Gasteiger partial charge in [-0.2, -0.15) is 0 Å². The summed E-state index contributed by atoms with van der Waals surface area (Å²) in [7, 11) is 0. The van der Waals surface area contributed by atoms with E-state index < -0.39 is 0 Å². The molecule has 0 unspecified atom stereocenters. The molecule has 0 aliphatic carbocycles. The topological polar surface area (TPSA) is 15.3 Å². The molecule has 92 valence electrons. The fraction of sp³-hybridized carbons (Fsp3) is 0.571. The van der Waals surface area contributed by atoms with Gasteiger partial charge in [0, 0.05) is 23.8 Å². The van der Waals surface area contributed by atoms with Crippen LogP contribution in [0.2, 0.25) is 5.02 Å². The molecule has 0 amide bonds. The molecule has 1 aromatic rings. The number of hydrogen-bond acceptors (Lipinski definition) is 2. The highest BCUT2D eigenvalue weighted by atomic mass is 35.5. The largest absolute Gasteiger partial charge is 0.371 e. The van der Waals surface area contributed by atoms with Gasteiger partial charge in [0.15, 0.2) is 0 Å². The summed E-state index contributed by atoms with van der Waals surface area (Å²) in [6.07, 6.45) is 3.98. The van der Waals surface area contributed by atoms with E-state index >= 15 is 0 Å². The van der Waals surface area contributed by atoms with Crippen molar-refractivity contribution in [2.75, 3.05) is 31.1 Å². The summed E-state index contributed by atoms with van der Waals surface area (Å²) in [5.74, 6) is 0. The Morgan fingerprint density at radius 2 is 2.00 bits per heavy atom. The van der Waals surface area contributed by atoms with Gasteiger partial charge in [-0.3, -0.25) is 0 Å². The van der Waals surface area contributed by atoms with Gasteiger partial charge >= 0.3 is 0 Å². The Balaban J connectivity index is 1.75. The van der Waals surface area contributed by atoms with Crippen LogP contribution in [0.4, 0.5) is 5.69 Å². The van der Waals surface area contributed by atoms with Crippen LogP contribution >= 0.6 is 11.6 Å². The predicted molar refractivity (Wildman–Crippen MR) is 72.8 cm³/mol. The van der Waals surface area contributed by atoms with Gasteiger partial charge < -0.3 is 10.2 Å². The maximum absolute atomic E-state index is 6.06. The smallest absolute Gasteiger partial charge is 0.0426 e. The zero-order chi connectivity index (χ0) is 11.7. The molecule has 3 rings (SSSR count). The third-order valence-electron chi connectivity index (χ3n) is 4.28. The lowest BCUT2D eigenvalue weighted by Crippen LogP contribution is -2.38. The number of hydrogen-bond donors (Lipinski definition) is 1. The summed E-state index contributed by atoms with van der Waals surface area (Å²) < 4.78 is 0. The van der Waals surface area contributed by atoms with Crippen LogP contribution < -0.4 is 10.2 Å². The summed E-state index contributed by atoms with van der Waals surface area (Å²) in [6, 6.07) is 8.25. The van der Waals surface area contributed by atoms with E-state index in [2.05, 4.69) is 22.3 Å². The molecule has 1 aromatic carbocycles. The van der Waals surface area contributed by atoms with Crippen molar-refractivity contribution in [2.45, 2.75) is 19.3 Å². The van der Waals surface area contributed by atoms with Crippen molar-refractivity contribution in [3.05, 3.63) is 29.3 Å². The van der Waals surface area contributed by atoms with Crippen LogP contribution in [0.25, 0.3) is 0 Å². The highest BCUT2D eigenvalue weighted by Gasteiger charge is 2.38. The van der Waals surface area contributed by atoms with Gasteiger partial charge in [0.2, 0.25) is 0 Å². The van der Waals surface area contributed by atoms with Crippen LogP contribution in [-0.4, -0.2) is 26.2 Å². The molecule has 0 aromatic heterocycles. The zero-order valence-electron chi connectivity index (χ0n) is 10.1. The Morgan fingerprint density at radius 1 is 1.18 bits per heavy atom. The third-order valence-corrected chi connectivity index (χ3v) is 4.51. The van der Waals surface area contributed by atoms with Crippen molar-refractivity contribution < 1.29 is 0 Å². The van der Waals surface area contributed by atoms with E-state index in [0.29, 0.717) is 5.41 Å². The van der Waals surface area contributed by atoms with Crippen LogP contribution in [0.1, 0.15) is 19.3 Å². The van der Waals surface area contributed by atoms with E-state index in [0.717, 1.165) is 5.02 Å². The molecule has 0 saturated carbocycles. The molecule has 2 heterocycles. The van der Waals surface area contributed by atoms with Crippen LogP contribution in [0, 0.1) is 5.41 Å². The van der Waals surface area contributed by atoms with E-state index in [1.54, 1.807) is 0 Å². The highest BCUT2D eigenvalue weighted by molar-refractivity contribution is 6.30. The van der Waals surface area contributed by atoms with E-state index in [4.69, 9.17) is 11.6 Å². The van der Waals surface area contributed by atoms with Crippen molar-refractivity contribution in [2.24, 2.45) is 5.41 Å². The average Bonchev–Trinajstić information content (AvgIpc) is 2.74. The molecule has 0 bridgehead atoms. The van der Waals surface area contributed by atoms with E-state index in [1.165, 1.54) is 51.1 Å². The lowest BCUT2D eigenvalue weighted by molar-refractivity contribution is 0.232. The number of benzene rings is 1. The molecular weight excluding hydrogens is 232 g/mol. The fourth-order valence-corrected chi connectivity index (χ4v) is 3.38. The number of rotatable bonds is 1. The Morgan fingerprint density at radius 3 is 2.76 bits per heavy atom. The van der Waals surface area contributed by atoms with Gasteiger partial charge in [0.25, 0.3) is 0 Å². The first-order valence-corrected chi connectivity index (χ1v) is 6.87. The number of piperidine rings is 1. The molecule has 1 spiro atoms. The van der Waals surface area contributed by atoms with Gasteiger partial charge in [-0.05, 0) is 56.0 Å². The molecule has 2 nitrogen and oxygen atoms in total. The Kier molecular flexibility index (Phi) is 3.01. The molecule has 0 radical (unpaired) electrons. The Hall–Kier alpha value is -0.730. The minimum atomic E-state index is 0.563. The molecular formula is C14H19ClN2. The minimum Gasteiger partial charge on any atom is -0.371 e. The Bertz CT molecular complexity index is 399. The minimum absolute atomic E-state index is 0.563. The summed E-state index contributed by atoms with van der Waals surface area (Å²) in [6.45, 7) is 4.75. The normalized spacial score (nSPS) is 23.2. The van der Waals surface area contributed by atoms with E-state index in [-0.39, 0.29) is 0 Å². The Labute approximate surface area is 108 Å². The number of nitrogens with zero attached hydrogens (tertiary/aromatic N) is 1. The van der Waals surface area contributed by atoms with Crippen LogP contribution in [0.5, 0.6) is 0 Å². The SMILES string of the molecule is Clc1cccc(N2CCC3(CCNCC3)C2)c1. The molecule has 2 aliphatic heterocycles. The first-order chi connectivity index (χ1) is 8.27. The third kappa shape index (κ3) is 2.29. The van der Waals surface area contributed by atoms with Crippen LogP contribution in [0.15, 0.2) is 24.3 Å². The van der Waals surface area contributed by atoms with Gasteiger partial charge in [0.05, 0.1) is 0 Å². The summed E-state index contributed by atoms with van der Waals surface area (Å²) in [5, 5.41) is 4.30. The fourth-order valence-electron chi connectivity index (χ4n) is 3.19. The first kappa shape index (κ1) is 11.4. The maximum atomic E-state index is 6.06. The standard InChI is InChI=1S/C14H19ClN2/c15-12-2-1-3-13(10-12)17-9-6-14(11-17)4-7-16-8-5-14/h1-3,10,16H,4-9,11H2. The molecule has 2 aliphatic rings. The van der Waals surface area contributed by atoms with Crippen molar-refractivity contribution in [3.8, 4) is 0 Å². The summed E-state index contributed by atoms with van der Waals surface area (Å²) >= 11 is 6.06. The number of anilines is 1. The highest BCUT2D eigenvalue weighted by Crippen LogP contribution is 2.40. The second kappa shape index (κ2) is 4.51. The van der Waals surface area contributed by atoms with Gasteiger partial charge in [-0.25, -0.2) is 0 Å². The maximum Gasteiger partial charge on any atom is 0.0426 e. The molecule has 2 fully saturated rings. The van der Waals surface area contributed by atoms with Crippen LogP contribution in [0.3, 0.4) is 0 Å². The van der Waals surface area contributed by atoms with E-state index in [9.17, 15) is 0 Å². The molecule has 17 heavy (non-hydrogen) atoms. The lowest BCUT2D eigenvalue weighted by Gasteiger charge is -2.34. The van der Waals surface area contributed by atoms with Gasteiger partial charge in [-0.1, -0.05) is 17.7 Å². The number of nitrogens with one attached hydrogen (secondary N) is 1. The van der Waals surface area contributed by atoms with Crippen molar-refractivity contribution >= 4 is 17.3 Å². The second-order valence-corrected chi connectivity index (χ2v) is 5.84. The molecule has 0 atom stereocenters. The summed E-state index contributed by atoms with van der Waals surface area (Å²) in [4.78, 5) is 2.50. The molecule has 1 N–H and O–H groups in total. The molecule has 3 heteroatoms. The number of halogens is 1. The van der Waals surface area contributed by atoms with Crippen molar-refractivity contribution in [1.82, 2.24) is 5.32 Å². The predicted octanol–water partition coefficient (Wildman–Crippen LogP) is 2.92. The van der Waals surface area contributed by atoms with Gasteiger partial charge in [0.1, 0.15) is 0 Å². The summed E-state index contributed by atoms with van der Waals surface area (Å²) in [5.41, 5.74) is 1.85. The monoisotopic (exact) mass is 250 g/mol. The van der Waals surface area contributed by atoms with E-state index in [1.807, 2.05) is 12.1 Å². The lowest BCUT2D eigenvalue weighted by atomic mass is 9.78. The molecule has 2 saturated heterocycles. The first-order valence-electron chi connectivity index (χ1n) is 6.49. The van der Waals surface area contributed by atoms with Crippen molar-refractivity contribution in [1.29, 1.82) is 0 Å². The second-order valence-electron chi connectivity index (χ2n) is 5.40. The van der Waals surface area contributed by atoms with Crippen molar-refractivity contribution in [3.63, 3.8) is 0 Å². The average molecular weight is 251 g/mol.